The molecule has 1 saturated carbocycles. The largest absolute Gasteiger partial charge is 0.383 e. The summed E-state index contributed by atoms with van der Waals surface area (Å²) < 4.78 is 40.0. The minimum absolute atomic E-state index is 0.0341. The van der Waals surface area contributed by atoms with Crippen molar-refractivity contribution < 1.29 is 37.8 Å². The van der Waals surface area contributed by atoms with Gasteiger partial charge in [0.15, 0.2) is 17.1 Å². The first-order chi connectivity index (χ1) is 15.8. The van der Waals surface area contributed by atoms with Crippen molar-refractivity contribution in [1.29, 1.82) is 0 Å². The fourth-order valence-electron chi connectivity index (χ4n) is 5.31. The first-order valence-corrected chi connectivity index (χ1v) is 11.6. The van der Waals surface area contributed by atoms with Crippen LogP contribution in [-0.4, -0.2) is 76.3 Å². The van der Waals surface area contributed by atoms with Crippen molar-refractivity contribution in [2.24, 2.45) is 5.41 Å². The summed E-state index contributed by atoms with van der Waals surface area (Å²) in [6.45, 7) is 2.74. The number of aromatic nitrogens is 4. The van der Waals surface area contributed by atoms with Crippen LogP contribution in [0, 0.1) is 5.41 Å². The molecule has 0 bridgehead atoms. The maximum Gasteiger partial charge on any atom is 0.294 e. The van der Waals surface area contributed by atoms with Crippen molar-refractivity contribution in [3.8, 4) is 0 Å². The summed E-state index contributed by atoms with van der Waals surface area (Å²) in [6, 6.07) is 7.62. The van der Waals surface area contributed by atoms with Gasteiger partial charge in [0.2, 0.25) is 16.9 Å². The van der Waals surface area contributed by atoms with Crippen molar-refractivity contribution in [3.05, 3.63) is 48.5 Å². The van der Waals surface area contributed by atoms with E-state index in [1.54, 1.807) is 18.2 Å². The van der Waals surface area contributed by atoms with Crippen LogP contribution in [0.4, 0.5) is 5.82 Å². The molecule has 1 aliphatic carbocycles. The van der Waals surface area contributed by atoms with Gasteiger partial charge in [0.25, 0.3) is 10.1 Å². The normalized spacial score (nSPS) is 32.9. The summed E-state index contributed by atoms with van der Waals surface area (Å²) in [5.41, 5.74) is -5.98. The molecule has 2 aliphatic rings. The van der Waals surface area contributed by atoms with Gasteiger partial charge in [-0.15, -0.1) is 0 Å². The number of fused-ring (bicyclic) bond motifs is 2. The molecule has 1 saturated heterocycles. The molecule has 2 aromatic heterocycles. The lowest BCUT2D eigenvalue weighted by atomic mass is 9.88. The van der Waals surface area contributed by atoms with Crippen LogP contribution in [0.3, 0.4) is 0 Å². The van der Waals surface area contributed by atoms with Crippen LogP contribution in [-0.2, 0) is 20.6 Å². The van der Waals surface area contributed by atoms with Gasteiger partial charge in [-0.2, -0.15) is 8.42 Å². The first kappa shape index (κ1) is 22.8. The fraction of sp³-hybridized carbons (Fsp3) is 0.400. The molecular weight excluding hydrogens is 470 g/mol. The highest BCUT2D eigenvalue weighted by Crippen LogP contribution is 2.78. The van der Waals surface area contributed by atoms with E-state index in [0.717, 1.165) is 17.2 Å². The molecular formula is C20H21N5O8S. The predicted molar refractivity (Wildman–Crippen MR) is 115 cm³/mol. The zero-order valence-electron chi connectivity index (χ0n) is 17.9. The van der Waals surface area contributed by atoms with Crippen LogP contribution < -0.4 is 5.73 Å². The van der Waals surface area contributed by atoms with Gasteiger partial charge in [0.1, 0.15) is 29.9 Å². The number of ether oxygens (including phenoxy) is 1. The number of imidazole rings is 1. The Kier molecular flexibility index (Phi) is 4.39. The van der Waals surface area contributed by atoms with Gasteiger partial charge in [-0.05, 0) is 0 Å². The van der Waals surface area contributed by atoms with Crippen LogP contribution in [0.15, 0.2) is 43.0 Å². The van der Waals surface area contributed by atoms with Crippen molar-refractivity contribution in [1.82, 2.24) is 19.5 Å². The van der Waals surface area contributed by atoms with E-state index in [4.69, 9.17) is 10.5 Å². The summed E-state index contributed by atoms with van der Waals surface area (Å²) in [5.74, 6) is -0.933. The number of benzene rings is 1. The van der Waals surface area contributed by atoms with Crippen molar-refractivity contribution in [2.75, 3.05) is 5.73 Å². The molecule has 0 radical (unpaired) electrons. The fourth-order valence-corrected chi connectivity index (χ4v) is 5.87. The van der Waals surface area contributed by atoms with Gasteiger partial charge in [0, 0.05) is 11.0 Å². The van der Waals surface area contributed by atoms with Gasteiger partial charge in [-0.1, -0.05) is 44.2 Å². The highest BCUT2D eigenvalue weighted by atomic mass is 32.2. The van der Waals surface area contributed by atoms with Crippen molar-refractivity contribution >= 4 is 32.9 Å². The second kappa shape index (κ2) is 6.56. The van der Waals surface area contributed by atoms with Gasteiger partial charge < -0.3 is 25.8 Å². The summed E-state index contributed by atoms with van der Waals surface area (Å²) >= 11 is 0. The number of aliphatic hydroxyl groups excluding tert-OH is 1. The summed E-state index contributed by atoms with van der Waals surface area (Å²) in [6.07, 6.45) is 0.0438. The number of carbonyl (C=O) groups excluding carboxylic acids is 1. The topological polar surface area (TPSA) is 211 Å². The zero-order valence-corrected chi connectivity index (χ0v) is 18.7. The standard InChI is InChI=1S/C20H21N5O8S/c1-17(2)18(28)13(16(27)34(30,31)32)33-19(20(17,18)29,12(26)10-6-4-3-5-7-10)25-9-24-11-14(21)22-8-23-15(11)25/h3-9,13,16,27-29H,1-2H3,(H2,21,22,23)(H,30,31,32)/t13-,16?,18-,19-,20+/m1/s1. The molecule has 14 heteroatoms. The molecule has 0 amide bonds. The molecule has 180 valence electrons. The average molecular weight is 491 g/mol. The lowest BCUT2D eigenvalue weighted by Gasteiger charge is -2.38. The number of rotatable bonds is 5. The lowest BCUT2D eigenvalue weighted by molar-refractivity contribution is -0.177. The van der Waals surface area contributed by atoms with Crippen LogP contribution in [0.2, 0.25) is 0 Å². The first-order valence-electron chi connectivity index (χ1n) is 10.1. The number of carbonyl (C=O) groups is 1. The van der Waals surface area contributed by atoms with E-state index in [9.17, 15) is 33.1 Å². The third-order valence-corrected chi connectivity index (χ3v) is 8.01. The number of hydrogen-bond acceptors (Lipinski definition) is 11. The minimum Gasteiger partial charge on any atom is -0.383 e. The Hall–Kier alpha value is -3.01. The molecule has 5 rings (SSSR count). The summed E-state index contributed by atoms with van der Waals surface area (Å²) in [7, 11) is -5.19. The maximum absolute atomic E-state index is 14.1. The smallest absolute Gasteiger partial charge is 0.294 e. The van der Waals surface area contributed by atoms with Crippen molar-refractivity contribution in [3.63, 3.8) is 0 Å². The van der Waals surface area contributed by atoms with Crippen LogP contribution >= 0.6 is 0 Å². The third kappa shape index (κ3) is 2.32. The Morgan fingerprint density at radius 3 is 2.44 bits per heavy atom. The van der Waals surface area contributed by atoms with Gasteiger partial charge in [0.05, 0.1) is 0 Å². The molecule has 34 heavy (non-hydrogen) atoms. The average Bonchev–Trinajstić information content (AvgIpc) is 3.15. The Labute approximate surface area is 192 Å². The third-order valence-electron chi connectivity index (χ3n) is 7.16. The summed E-state index contributed by atoms with van der Waals surface area (Å²) in [4.78, 5) is 26.1. The van der Waals surface area contributed by atoms with Gasteiger partial charge in [-0.3, -0.25) is 13.9 Å². The Bertz CT molecular complexity index is 1440. The Morgan fingerprint density at radius 1 is 1.18 bits per heavy atom. The number of aliphatic hydroxyl groups is 3. The molecule has 2 fully saturated rings. The van der Waals surface area contributed by atoms with Crippen LogP contribution in [0.5, 0.6) is 0 Å². The van der Waals surface area contributed by atoms with E-state index in [-0.39, 0.29) is 22.5 Å². The number of anilines is 1. The predicted octanol–water partition coefficient (Wildman–Crippen LogP) is -0.949. The number of nitrogens with zero attached hydrogens (tertiary/aromatic N) is 4. The number of ketones is 1. The Balaban J connectivity index is 1.86. The van der Waals surface area contributed by atoms with E-state index >= 15 is 0 Å². The number of nitrogens with two attached hydrogens (primary N) is 1. The lowest BCUT2D eigenvalue weighted by Crippen LogP contribution is -2.56. The molecule has 13 nitrogen and oxygen atoms in total. The molecule has 1 aliphatic heterocycles. The summed E-state index contributed by atoms with van der Waals surface area (Å²) in [5, 5.41) is 33.9. The molecule has 3 aromatic rings. The number of nitrogen functional groups attached to an aromatic ring is 1. The van der Waals surface area contributed by atoms with E-state index in [0.29, 0.717) is 0 Å². The highest BCUT2D eigenvalue weighted by Gasteiger charge is 2.99. The van der Waals surface area contributed by atoms with E-state index in [2.05, 4.69) is 15.0 Å². The minimum atomic E-state index is -5.19. The monoisotopic (exact) mass is 491 g/mol. The van der Waals surface area contributed by atoms with E-state index < -0.39 is 49.8 Å². The Morgan fingerprint density at radius 2 is 1.82 bits per heavy atom. The molecule has 5 atom stereocenters. The van der Waals surface area contributed by atoms with E-state index in [1.165, 1.54) is 26.0 Å². The van der Waals surface area contributed by atoms with Crippen LogP contribution in [0.1, 0.15) is 24.2 Å². The highest BCUT2D eigenvalue weighted by molar-refractivity contribution is 7.86. The maximum atomic E-state index is 14.1. The second-order valence-corrected chi connectivity index (χ2v) is 10.4. The molecule has 3 heterocycles. The van der Waals surface area contributed by atoms with Crippen LogP contribution in [0.25, 0.3) is 11.2 Å². The van der Waals surface area contributed by atoms with Gasteiger partial charge in [-0.25, -0.2) is 15.0 Å². The van der Waals surface area contributed by atoms with Crippen molar-refractivity contribution in [2.45, 2.75) is 42.3 Å². The quantitative estimate of drug-likeness (QED) is 0.216. The number of hydrogen-bond donors (Lipinski definition) is 5. The molecule has 0 spiro atoms. The number of Topliss-reactive ketones (excluding diaryl/α,β-unsaturated/α-hetero) is 1. The molecule has 1 aromatic carbocycles. The molecule has 1 unspecified atom stereocenters. The van der Waals surface area contributed by atoms with E-state index in [1.807, 2.05) is 0 Å². The van der Waals surface area contributed by atoms with Gasteiger partial charge >= 0.3 is 0 Å². The zero-order chi connectivity index (χ0) is 24.9. The molecule has 6 N–H and O–H groups in total. The SMILES string of the molecule is CC1(C)[C@]2(O)[C@@]1(O)[C@@H](C(O)S(=O)(=O)O)O[C@@]2(C(=O)c1ccccc1)n1cnc2c(N)ncnc21. The second-order valence-electron chi connectivity index (χ2n) is 8.93.